The topological polar surface area (TPSA) is 237 Å². The van der Waals surface area contributed by atoms with Crippen LogP contribution in [0.4, 0.5) is 0 Å². The average Bonchev–Trinajstić information content (AvgIpc) is 2.04. The van der Waals surface area contributed by atoms with Crippen LogP contribution in [-0.4, -0.2) is 96.7 Å². The predicted molar refractivity (Wildman–Crippen MR) is 372 cm³/mol. The van der Waals surface area contributed by atoms with Crippen LogP contribution in [0.2, 0.25) is 0 Å². The molecule has 0 bridgehead atoms. The van der Waals surface area contributed by atoms with Gasteiger partial charge in [0.1, 0.15) is 19.3 Å². The fraction of sp³-hybridized carbons (Fsp3) is 0.945. The van der Waals surface area contributed by atoms with Gasteiger partial charge in [0.25, 0.3) is 0 Å². The van der Waals surface area contributed by atoms with E-state index < -0.39 is 97.5 Å². The normalized spacial score (nSPS) is 14.0. The molecule has 0 heterocycles. The van der Waals surface area contributed by atoms with Crippen LogP contribution < -0.4 is 0 Å². The molecule has 0 aromatic rings. The number of unbranched alkanes of at least 4 members (excludes halogenated alkanes) is 45. The molecular weight excluding hydrogens is 1210 g/mol. The Kier molecular flexibility index (Phi) is 64.9. The Morgan fingerprint density at radius 2 is 0.500 bits per heavy atom. The van der Waals surface area contributed by atoms with Crippen molar-refractivity contribution in [2.45, 2.75) is 400 Å². The molecule has 0 aliphatic carbocycles. The summed E-state index contributed by atoms with van der Waals surface area (Å²) in [5, 5.41) is 10.6. The lowest BCUT2D eigenvalue weighted by Gasteiger charge is -2.21. The van der Waals surface area contributed by atoms with Gasteiger partial charge in [0.2, 0.25) is 0 Å². The summed E-state index contributed by atoms with van der Waals surface area (Å²) in [7, 11) is -9.90. The highest BCUT2D eigenvalue weighted by Crippen LogP contribution is 2.45. The van der Waals surface area contributed by atoms with Crippen LogP contribution in [-0.2, 0) is 65.4 Å². The van der Waals surface area contributed by atoms with Gasteiger partial charge < -0.3 is 33.8 Å². The van der Waals surface area contributed by atoms with Crippen LogP contribution in [0.3, 0.4) is 0 Å². The second-order valence-corrected chi connectivity index (χ2v) is 29.7. The predicted octanol–water partition coefficient (Wildman–Crippen LogP) is 21.3. The summed E-state index contributed by atoms with van der Waals surface area (Å²) in [4.78, 5) is 72.6. The summed E-state index contributed by atoms with van der Waals surface area (Å²) in [6, 6.07) is 0. The lowest BCUT2D eigenvalue weighted by molar-refractivity contribution is -0.161. The minimum Gasteiger partial charge on any atom is -0.462 e. The number of aliphatic hydroxyl groups excluding tert-OH is 1. The summed E-state index contributed by atoms with van der Waals surface area (Å²) >= 11 is 0. The maximum Gasteiger partial charge on any atom is 0.472 e. The van der Waals surface area contributed by atoms with Crippen molar-refractivity contribution in [3.63, 3.8) is 0 Å². The van der Waals surface area contributed by atoms with E-state index in [9.17, 15) is 43.2 Å². The Bertz CT molecular complexity index is 1770. The lowest BCUT2D eigenvalue weighted by atomic mass is 10.0. The van der Waals surface area contributed by atoms with Crippen molar-refractivity contribution in [2.75, 3.05) is 39.6 Å². The van der Waals surface area contributed by atoms with E-state index in [1.165, 1.54) is 199 Å². The number of hydrogen-bond donors (Lipinski definition) is 3. The standard InChI is InChI=1S/C73H142O17P2/c1-6-9-12-15-18-21-24-26-28-30-32-34-36-39-42-49-54-59-73(78)89-68(62-83-70(75)56-51-46-40-38-35-33-31-29-27-25-22-19-16-13-10-7-2)64-87-91(79,80)85-60-67(74)61-86-92(81,82)88-65-69(63-84-71(76)57-52-47-44-43-45-50-55-66(4)5)90-72(77)58-53-48-41-37-23-20-17-14-11-8-3/h66-69,74H,6-65H2,1-5H3,(H,79,80)(H,81,82)/t67-,68-,69-/m1/s1. The Morgan fingerprint density at radius 1 is 0.293 bits per heavy atom. The quantitative estimate of drug-likeness (QED) is 0.0222. The van der Waals surface area contributed by atoms with Gasteiger partial charge in [-0.15, -0.1) is 0 Å². The third-order valence-electron chi connectivity index (χ3n) is 17.0. The SMILES string of the molecule is CCCCCCCCCCCCCCCCCCCC(=O)O[C@H](COC(=O)CCCCCCCCCCCCCCCCCC)COP(=O)(O)OC[C@@H](O)COP(=O)(O)OC[C@@H](COC(=O)CCCCCCCCC(C)C)OC(=O)CCCCCCCCCCCC. The number of esters is 4. The molecule has 0 saturated carbocycles. The van der Waals surface area contributed by atoms with E-state index in [1.54, 1.807) is 0 Å². The van der Waals surface area contributed by atoms with Crippen molar-refractivity contribution >= 4 is 39.5 Å². The van der Waals surface area contributed by atoms with E-state index in [2.05, 4.69) is 34.6 Å². The van der Waals surface area contributed by atoms with E-state index in [0.717, 1.165) is 96.3 Å². The molecule has 0 rings (SSSR count). The molecule has 0 amide bonds. The molecule has 92 heavy (non-hydrogen) atoms. The van der Waals surface area contributed by atoms with Gasteiger partial charge in [-0.1, -0.05) is 330 Å². The monoisotopic (exact) mass is 1350 g/mol. The van der Waals surface area contributed by atoms with Gasteiger partial charge >= 0.3 is 39.5 Å². The number of carbonyl (C=O) groups is 4. The van der Waals surface area contributed by atoms with Crippen LogP contribution in [0.25, 0.3) is 0 Å². The highest BCUT2D eigenvalue weighted by molar-refractivity contribution is 7.47. The first kappa shape index (κ1) is 90.1. The summed E-state index contributed by atoms with van der Waals surface area (Å²) in [6.07, 6.45) is 54.2. The van der Waals surface area contributed by atoms with Gasteiger partial charge in [0.05, 0.1) is 26.4 Å². The van der Waals surface area contributed by atoms with Gasteiger partial charge in [-0.3, -0.25) is 37.3 Å². The Balaban J connectivity index is 5.21. The van der Waals surface area contributed by atoms with Crippen molar-refractivity contribution in [3.8, 4) is 0 Å². The van der Waals surface area contributed by atoms with Gasteiger partial charge in [0.15, 0.2) is 12.2 Å². The first-order valence-electron chi connectivity index (χ1n) is 38.1. The van der Waals surface area contributed by atoms with Gasteiger partial charge in [-0.2, -0.15) is 0 Å². The first-order valence-corrected chi connectivity index (χ1v) is 41.1. The summed E-state index contributed by atoms with van der Waals surface area (Å²) < 4.78 is 68.3. The molecule has 19 heteroatoms. The molecule has 2 unspecified atom stereocenters. The van der Waals surface area contributed by atoms with E-state index in [0.29, 0.717) is 31.6 Å². The van der Waals surface area contributed by atoms with Crippen molar-refractivity contribution in [1.82, 2.24) is 0 Å². The molecule has 0 aromatic carbocycles. The Labute approximate surface area is 562 Å². The van der Waals surface area contributed by atoms with E-state index in [-0.39, 0.29) is 25.7 Å². The molecule has 0 saturated heterocycles. The fourth-order valence-electron chi connectivity index (χ4n) is 11.2. The second-order valence-electron chi connectivity index (χ2n) is 26.8. The van der Waals surface area contributed by atoms with Crippen molar-refractivity contribution in [3.05, 3.63) is 0 Å². The van der Waals surface area contributed by atoms with Crippen molar-refractivity contribution in [1.29, 1.82) is 0 Å². The molecule has 5 atom stereocenters. The third kappa shape index (κ3) is 66.7. The minimum absolute atomic E-state index is 0.106. The van der Waals surface area contributed by atoms with Crippen LogP contribution >= 0.6 is 15.6 Å². The number of hydrogen-bond acceptors (Lipinski definition) is 15. The Hall–Kier alpha value is -1.94. The maximum absolute atomic E-state index is 13.1. The molecule has 0 radical (unpaired) electrons. The Morgan fingerprint density at radius 3 is 0.739 bits per heavy atom. The van der Waals surface area contributed by atoms with Crippen LogP contribution in [0.15, 0.2) is 0 Å². The summed E-state index contributed by atoms with van der Waals surface area (Å²) in [5.74, 6) is -1.44. The minimum atomic E-state index is -4.95. The fourth-order valence-corrected chi connectivity index (χ4v) is 12.8. The lowest BCUT2D eigenvalue weighted by Crippen LogP contribution is -2.30. The number of rotatable bonds is 73. The highest BCUT2D eigenvalue weighted by Gasteiger charge is 2.30. The van der Waals surface area contributed by atoms with Crippen LogP contribution in [0, 0.1) is 5.92 Å². The number of ether oxygens (including phenoxy) is 4. The molecule has 546 valence electrons. The maximum atomic E-state index is 13.1. The number of aliphatic hydroxyl groups is 1. The highest BCUT2D eigenvalue weighted by atomic mass is 31.2. The van der Waals surface area contributed by atoms with Crippen molar-refractivity contribution in [2.24, 2.45) is 5.92 Å². The molecule has 0 fully saturated rings. The number of phosphoric acid groups is 2. The molecule has 0 aliphatic rings. The van der Waals surface area contributed by atoms with Crippen LogP contribution in [0.1, 0.15) is 381 Å². The van der Waals surface area contributed by atoms with E-state index >= 15 is 0 Å². The zero-order valence-electron chi connectivity index (χ0n) is 59.7. The van der Waals surface area contributed by atoms with E-state index in [4.69, 9.17) is 37.0 Å². The van der Waals surface area contributed by atoms with Gasteiger partial charge in [0, 0.05) is 25.7 Å². The second kappa shape index (κ2) is 66.3. The third-order valence-corrected chi connectivity index (χ3v) is 18.9. The zero-order valence-corrected chi connectivity index (χ0v) is 61.5. The summed E-state index contributed by atoms with van der Waals surface area (Å²) in [5.41, 5.74) is 0. The first-order chi connectivity index (χ1) is 44.5. The largest absolute Gasteiger partial charge is 0.472 e. The molecule has 17 nitrogen and oxygen atoms in total. The van der Waals surface area contributed by atoms with Gasteiger partial charge in [-0.25, -0.2) is 9.13 Å². The number of carbonyl (C=O) groups excluding carboxylic acids is 4. The van der Waals surface area contributed by atoms with Crippen molar-refractivity contribution < 1.29 is 80.2 Å². The molecule has 3 N–H and O–H groups in total. The van der Waals surface area contributed by atoms with Crippen LogP contribution in [0.5, 0.6) is 0 Å². The average molecular weight is 1350 g/mol. The van der Waals surface area contributed by atoms with E-state index in [1.807, 2.05) is 0 Å². The zero-order chi connectivity index (χ0) is 67.7. The molecule has 0 aliphatic heterocycles. The molecule has 0 aromatic heterocycles. The summed E-state index contributed by atoms with van der Waals surface area (Å²) in [6.45, 7) is 7.18. The molecular formula is C73H142O17P2. The smallest absolute Gasteiger partial charge is 0.462 e. The number of phosphoric ester groups is 2. The van der Waals surface area contributed by atoms with Gasteiger partial charge in [-0.05, 0) is 31.6 Å². The molecule has 0 spiro atoms.